The third-order valence-corrected chi connectivity index (χ3v) is 5.83. The molecule has 2 rings (SSSR count). The van der Waals surface area contributed by atoms with Crippen molar-refractivity contribution in [1.82, 2.24) is 9.71 Å². The fourth-order valence-electron chi connectivity index (χ4n) is 1.67. The van der Waals surface area contributed by atoms with Crippen molar-refractivity contribution in [2.24, 2.45) is 0 Å². The Morgan fingerprint density at radius 1 is 1.48 bits per heavy atom. The van der Waals surface area contributed by atoms with E-state index in [4.69, 9.17) is 17.3 Å². The minimum Gasteiger partial charge on any atom is -0.396 e. The molecule has 0 fully saturated rings. The topological polar surface area (TPSA) is 85.1 Å². The minimum absolute atomic E-state index is 0.225. The minimum atomic E-state index is -3.93. The van der Waals surface area contributed by atoms with Gasteiger partial charge in [0.15, 0.2) is 0 Å². The molecule has 0 bridgehead atoms. The first-order chi connectivity index (χ1) is 9.70. The predicted octanol–water partition coefficient (Wildman–Crippen LogP) is 2.87. The first-order valence-electron chi connectivity index (χ1n) is 5.89. The van der Waals surface area contributed by atoms with Crippen molar-refractivity contribution < 1.29 is 12.8 Å². The Morgan fingerprint density at radius 2 is 2.14 bits per heavy atom. The fourth-order valence-corrected chi connectivity index (χ4v) is 4.30. The van der Waals surface area contributed by atoms with Crippen molar-refractivity contribution in [2.45, 2.75) is 24.8 Å². The smallest absolute Gasteiger partial charge is 0.242 e. The maximum Gasteiger partial charge on any atom is 0.242 e. The lowest BCUT2D eigenvalue weighted by molar-refractivity contribution is 0.565. The second-order valence-corrected chi connectivity index (χ2v) is 7.45. The Hall–Kier alpha value is -1.22. The molecule has 1 unspecified atom stereocenters. The van der Waals surface area contributed by atoms with Crippen molar-refractivity contribution in [3.05, 3.63) is 39.1 Å². The molecule has 0 saturated carbocycles. The van der Waals surface area contributed by atoms with Crippen LogP contribution in [0.3, 0.4) is 0 Å². The van der Waals surface area contributed by atoms with Gasteiger partial charge in [-0.25, -0.2) is 22.5 Å². The zero-order valence-corrected chi connectivity index (χ0v) is 13.6. The highest BCUT2D eigenvalue weighted by Gasteiger charge is 2.23. The first kappa shape index (κ1) is 16.2. The van der Waals surface area contributed by atoms with Gasteiger partial charge in [-0.15, -0.1) is 11.3 Å². The Balaban J connectivity index is 2.32. The maximum absolute atomic E-state index is 13.2. The predicted molar refractivity (Wildman–Crippen MR) is 81.4 cm³/mol. The van der Waals surface area contributed by atoms with Crippen LogP contribution in [0.15, 0.2) is 22.4 Å². The van der Waals surface area contributed by atoms with Crippen LogP contribution in [0.25, 0.3) is 0 Å². The van der Waals surface area contributed by atoms with Gasteiger partial charge in [0.1, 0.15) is 15.7 Å². The number of hydrogen-bond acceptors (Lipinski definition) is 5. The van der Waals surface area contributed by atoms with Crippen LogP contribution in [-0.2, 0) is 10.0 Å². The first-order valence-corrected chi connectivity index (χ1v) is 8.63. The number of nitrogen functional groups attached to an aromatic ring is 1. The highest BCUT2D eigenvalue weighted by Crippen LogP contribution is 2.28. The Bertz CT molecular complexity index is 777. The van der Waals surface area contributed by atoms with E-state index < -0.39 is 21.9 Å². The van der Waals surface area contributed by atoms with E-state index in [2.05, 4.69) is 9.71 Å². The summed E-state index contributed by atoms with van der Waals surface area (Å²) in [5.74, 6) is -0.762. The van der Waals surface area contributed by atoms with E-state index in [0.29, 0.717) is 5.01 Å². The van der Waals surface area contributed by atoms with Crippen LogP contribution in [0.1, 0.15) is 23.7 Å². The second kappa shape index (κ2) is 5.88. The van der Waals surface area contributed by atoms with Crippen molar-refractivity contribution in [1.29, 1.82) is 0 Å². The summed E-state index contributed by atoms with van der Waals surface area (Å²) in [4.78, 5) is 3.96. The number of nitrogens with two attached hydrogens (primary N) is 1. The number of thiazole rings is 1. The molecule has 3 N–H and O–H groups in total. The number of sulfonamides is 1. The summed E-state index contributed by atoms with van der Waals surface area (Å²) < 4.78 is 40.3. The van der Waals surface area contributed by atoms with Crippen molar-refractivity contribution in [2.75, 3.05) is 5.73 Å². The number of aromatic nitrogens is 1. The van der Waals surface area contributed by atoms with Crippen LogP contribution < -0.4 is 10.5 Å². The number of anilines is 1. The van der Waals surface area contributed by atoms with Crippen molar-refractivity contribution in [3.8, 4) is 0 Å². The van der Waals surface area contributed by atoms with E-state index in [1.165, 1.54) is 11.3 Å². The molecule has 0 aliphatic heterocycles. The molecule has 0 aliphatic carbocycles. The number of halogens is 2. The van der Waals surface area contributed by atoms with E-state index in [9.17, 15) is 12.8 Å². The van der Waals surface area contributed by atoms with E-state index in [-0.39, 0.29) is 15.6 Å². The van der Waals surface area contributed by atoms with Crippen LogP contribution in [-0.4, -0.2) is 13.4 Å². The molecule has 5 nitrogen and oxygen atoms in total. The van der Waals surface area contributed by atoms with Crippen LogP contribution in [0.5, 0.6) is 0 Å². The number of nitrogens with one attached hydrogen (secondary N) is 1. The van der Waals surface area contributed by atoms with Crippen molar-refractivity contribution >= 4 is 38.6 Å². The monoisotopic (exact) mass is 349 g/mol. The number of benzene rings is 1. The third kappa shape index (κ3) is 3.52. The number of rotatable bonds is 4. The van der Waals surface area contributed by atoms with Gasteiger partial charge in [0.05, 0.1) is 16.8 Å². The molecule has 0 amide bonds. The van der Waals surface area contributed by atoms with Gasteiger partial charge >= 0.3 is 0 Å². The largest absolute Gasteiger partial charge is 0.396 e. The molecule has 21 heavy (non-hydrogen) atoms. The fraction of sp³-hybridized carbons (Fsp3) is 0.250. The summed E-state index contributed by atoms with van der Waals surface area (Å²) in [6.45, 7) is 3.48. The molecule has 1 aromatic heterocycles. The third-order valence-electron chi connectivity index (χ3n) is 2.68. The van der Waals surface area contributed by atoms with E-state index in [0.717, 1.165) is 17.8 Å². The van der Waals surface area contributed by atoms with Gasteiger partial charge in [-0.3, -0.25) is 0 Å². The number of aryl methyl sites for hydroxylation is 1. The summed E-state index contributed by atoms with van der Waals surface area (Å²) in [6, 6.07) is 1.35. The molecule has 9 heteroatoms. The maximum atomic E-state index is 13.2. The van der Waals surface area contributed by atoms with Crippen LogP contribution >= 0.6 is 22.9 Å². The molecule has 1 heterocycles. The lowest BCUT2D eigenvalue weighted by atomic mass is 10.3. The molecule has 114 valence electrons. The van der Waals surface area contributed by atoms with Gasteiger partial charge in [-0.2, -0.15) is 0 Å². The van der Waals surface area contributed by atoms with Gasteiger partial charge in [0.2, 0.25) is 10.0 Å². The molecule has 1 aromatic carbocycles. The SMILES string of the molecule is Cc1csc(C(C)NS(=O)(=O)c2cc(N)c(F)cc2Cl)n1. The van der Waals surface area contributed by atoms with Crippen LogP contribution in [0, 0.1) is 12.7 Å². The lowest BCUT2D eigenvalue weighted by Crippen LogP contribution is -2.27. The average Bonchev–Trinajstić information content (AvgIpc) is 2.80. The van der Waals surface area contributed by atoms with Crippen LogP contribution in [0.2, 0.25) is 5.02 Å². The highest BCUT2D eigenvalue weighted by molar-refractivity contribution is 7.89. The number of nitrogens with zero attached hydrogens (tertiary/aromatic N) is 1. The molecule has 2 aromatic rings. The van der Waals surface area contributed by atoms with Crippen molar-refractivity contribution in [3.63, 3.8) is 0 Å². The van der Waals surface area contributed by atoms with Gasteiger partial charge in [-0.1, -0.05) is 11.6 Å². The molecule has 0 radical (unpaired) electrons. The summed E-state index contributed by atoms with van der Waals surface area (Å²) in [5.41, 5.74) is 5.93. The Morgan fingerprint density at radius 3 is 2.71 bits per heavy atom. The Kier molecular flexibility index (Phi) is 4.52. The summed E-state index contributed by atoms with van der Waals surface area (Å²) in [7, 11) is -3.93. The molecule has 0 spiro atoms. The van der Waals surface area contributed by atoms with Gasteiger partial charge in [0, 0.05) is 11.1 Å². The summed E-state index contributed by atoms with van der Waals surface area (Å²) in [6.07, 6.45) is 0. The van der Waals surface area contributed by atoms with Gasteiger partial charge < -0.3 is 5.73 Å². The summed E-state index contributed by atoms with van der Waals surface area (Å²) in [5, 5.41) is 2.22. The van der Waals surface area contributed by atoms with E-state index in [1.807, 2.05) is 12.3 Å². The molecule has 0 saturated heterocycles. The summed E-state index contributed by atoms with van der Waals surface area (Å²) >= 11 is 7.14. The second-order valence-electron chi connectivity index (χ2n) is 4.47. The molecule has 1 atom stereocenters. The van der Waals surface area contributed by atoms with E-state index >= 15 is 0 Å². The van der Waals surface area contributed by atoms with Crippen LogP contribution in [0.4, 0.5) is 10.1 Å². The van der Waals surface area contributed by atoms with Gasteiger partial charge in [0.25, 0.3) is 0 Å². The molecular weight excluding hydrogens is 337 g/mol. The zero-order valence-electron chi connectivity index (χ0n) is 11.2. The molecular formula is C12H13ClFN3O2S2. The highest BCUT2D eigenvalue weighted by atomic mass is 35.5. The standard InChI is InChI=1S/C12H13ClFN3O2S2/c1-6-5-20-12(16-6)7(2)17-21(18,19)11-4-10(15)9(14)3-8(11)13/h3-5,7,17H,15H2,1-2H3. The quantitative estimate of drug-likeness (QED) is 0.831. The lowest BCUT2D eigenvalue weighted by Gasteiger charge is -2.13. The normalized spacial score (nSPS) is 13.3. The van der Waals surface area contributed by atoms with E-state index in [1.54, 1.807) is 6.92 Å². The average molecular weight is 350 g/mol. The molecule has 0 aliphatic rings. The number of hydrogen-bond donors (Lipinski definition) is 2. The zero-order chi connectivity index (χ0) is 15.8. The Labute approximate surface area is 131 Å². The van der Waals surface area contributed by atoms with Gasteiger partial charge in [-0.05, 0) is 26.0 Å².